The van der Waals surface area contributed by atoms with Crippen LogP contribution in [0, 0.1) is 5.41 Å². The highest BCUT2D eigenvalue weighted by atomic mass is 16.7. The number of hydrogen-bond acceptors (Lipinski definition) is 6. The zero-order valence-electron chi connectivity index (χ0n) is 20.3. The van der Waals surface area contributed by atoms with E-state index in [1.807, 2.05) is 51.1 Å². The van der Waals surface area contributed by atoms with Crippen LogP contribution in [-0.2, 0) is 16.1 Å². The van der Waals surface area contributed by atoms with Gasteiger partial charge in [0, 0.05) is 31.7 Å². The summed E-state index contributed by atoms with van der Waals surface area (Å²) in [4.78, 5) is 42.2. The van der Waals surface area contributed by atoms with Crippen molar-refractivity contribution >= 4 is 17.9 Å². The highest BCUT2D eigenvalue weighted by Gasteiger charge is 2.37. The number of nitrogens with zero attached hydrogens (tertiary/aromatic N) is 2. The minimum absolute atomic E-state index is 0.120. The molecule has 0 aliphatic carbocycles. The van der Waals surface area contributed by atoms with Crippen LogP contribution in [-0.4, -0.2) is 66.7 Å². The zero-order chi connectivity index (χ0) is 25.0. The van der Waals surface area contributed by atoms with Crippen LogP contribution in [0.5, 0.6) is 11.5 Å². The van der Waals surface area contributed by atoms with Gasteiger partial charge in [0.05, 0.1) is 0 Å². The number of carbonyl (C=O) groups excluding carboxylic acids is 3. The molecule has 2 heterocycles. The maximum atomic E-state index is 13.4. The van der Waals surface area contributed by atoms with Crippen LogP contribution in [0.25, 0.3) is 0 Å². The molecule has 2 aromatic rings. The van der Waals surface area contributed by atoms with Gasteiger partial charge in [0.25, 0.3) is 5.91 Å². The molecule has 0 unspecified atom stereocenters. The molecule has 0 spiro atoms. The quantitative estimate of drug-likeness (QED) is 0.705. The van der Waals surface area contributed by atoms with E-state index in [0.29, 0.717) is 43.2 Å². The number of amides is 3. The van der Waals surface area contributed by atoms with Crippen molar-refractivity contribution in [3.8, 4) is 11.5 Å². The Kier molecular flexibility index (Phi) is 7.14. The van der Waals surface area contributed by atoms with Crippen LogP contribution < -0.4 is 14.8 Å². The number of benzene rings is 2. The summed E-state index contributed by atoms with van der Waals surface area (Å²) in [5.41, 5.74) is 0.858. The molecule has 0 radical (unpaired) electrons. The fourth-order valence-electron chi connectivity index (χ4n) is 4.06. The highest BCUT2D eigenvalue weighted by Crippen LogP contribution is 2.33. The summed E-state index contributed by atoms with van der Waals surface area (Å²) in [6, 6.07) is 13.7. The Morgan fingerprint density at radius 2 is 1.60 bits per heavy atom. The molecule has 35 heavy (non-hydrogen) atoms. The van der Waals surface area contributed by atoms with E-state index in [2.05, 4.69) is 5.32 Å². The summed E-state index contributed by atoms with van der Waals surface area (Å²) in [6.07, 6.45) is -0.640. The number of piperazine rings is 1. The topological polar surface area (TPSA) is 97.4 Å². The molecular weight excluding hydrogens is 450 g/mol. The second-order valence-corrected chi connectivity index (χ2v) is 9.69. The molecule has 2 aliphatic rings. The monoisotopic (exact) mass is 481 g/mol. The SMILES string of the molecule is CC(C)(C)[C@H](NC(=O)OCc1ccccc1)C(=O)N1CCN(C(=O)c2ccc3c(c2)OCO3)CC1. The molecule has 9 heteroatoms. The van der Waals surface area contributed by atoms with Crippen LogP contribution in [0.2, 0.25) is 0 Å². The molecule has 3 amide bonds. The Morgan fingerprint density at radius 1 is 0.943 bits per heavy atom. The normalized spacial score (nSPS) is 16.0. The van der Waals surface area contributed by atoms with Gasteiger partial charge >= 0.3 is 6.09 Å². The summed E-state index contributed by atoms with van der Waals surface area (Å²) in [5, 5.41) is 2.75. The first-order valence-corrected chi connectivity index (χ1v) is 11.7. The number of ether oxygens (including phenoxy) is 3. The summed E-state index contributed by atoms with van der Waals surface area (Å²) < 4.78 is 16.0. The van der Waals surface area contributed by atoms with E-state index >= 15 is 0 Å². The van der Waals surface area contributed by atoms with Gasteiger partial charge in [-0.3, -0.25) is 9.59 Å². The van der Waals surface area contributed by atoms with Gasteiger partial charge in [-0.2, -0.15) is 0 Å². The van der Waals surface area contributed by atoms with E-state index in [4.69, 9.17) is 14.2 Å². The van der Waals surface area contributed by atoms with Crippen molar-refractivity contribution in [2.24, 2.45) is 5.41 Å². The van der Waals surface area contributed by atoms with E-state index in [1.165, 1.54) is 0 Å². The molecule has 0 bridgehead atoms. The largest absolute Gasteiger partial charge is 0.454 e. The predicted octanol–water partition coefficient (Wildman–Crippen LogP) is 3.04. The number of rotatable bonds is 5. The van der Waals surface area contributed by atoms with E-state index in [9.17, 15) is 14.4 Å². The minimum atomic E-state index is -0.762. The van der Waals surface area contributed by atoms with Crippen LogP contribution in [0.15, 0.2) is 48.5 Å². The fourth-order valence-corrected chi connectivity index (χ4v) is 4.06. The molecule has 0 aromatic heterocycles. The second-order valence-electron chi connectivity index (χ2n) is 9.69. The van der Waals surface area contributed by atoms with E-state index in [0.717, 1.165) is 5.56 Å². The fraction of sp³-hybridized carbons (Fsp3) is 0.423. The van der Waals surface area contributed by atoms with E-state index < -0.39 is 17.6 Å². The number of hydrogen-bond donors (Lipinski definition) is 1. The highest BCUT2D eigenvalue weighted by molar-refractivity contribution is 5.95. The van der Waals surface area contributed by atoms with Crippen molar-refractivity contribution < 1.29 is 28.6 Å². The first-order chi connectivity index (χ1) is 16.7. The van der Waals surface area contributed by atoms with E-state index in [1.54, 1.807) is 28.0 Å². The first kappa shape index (κ1) is 24.4. The Balaban J connectivity index is 1.33. The molecule has 1 atom stereocenters. The van der Waals surface area contributed by atoms with Gasteiger partial charge in [-0.25, -0.2) is 4.79 Å². The van der Waals surface area contributed by atoms with Gasteiger partial charge in [0.15, 0.2) is 11.5 Å². The summed E-state index contributed by atoms with van der Waals surface area (Å²) in [6.45, 7) is 7.51. The van der Waals surface area contributed by atoms with Crippen molar-refractivity contribution in [2.45, 2.75) is 33.4 Å². The van der Waals surface area contributed by atoms with Crippen LogP contribution >= 0.6 is 0 Å². The van der Waals surface area contributed by atoms with Gasteiger partial charge in [-0.1, -0.05) is 51.1 Å². The van der Waals surface area contributed by atoms with Crippen LogP contribution in [0.4, 0.5) is 4.79 Å². The lowest BCUT2D eigenvalue weighted by atomic mass is 9.85. The lowest BCUT2D eigenvalue weighted by molar-refractivity contribution is -0.137. The molecule has 1 N–H and O–H groups in total. The number of nitrogens with one attached hydrogen (secondary N) is 1. The third kappa shape index (κ3) is 5.85. The van der Waals surface area contributed by atoms with Crippen molar-refractivity contribution in [3.63, 3.8) is 0 Å². The van der Waals surface area contributed by atoms with Crippen LogP contribution in [0.3, 0.4) is 0 Å². The lowest BCUT2D eigenvalue weighted by Gasteiger charge is -2.39. The van der Waals surface area contributed by atoms with Gasteiger partial charge in [0.1, 0.15) is 12.6 Å². The average molecular weight is 482 g/mol. The Hall–Kier alpha value is -3.75. The molecule has 1 fully saturated rings. The molecular formula is C26H31N3O6. The Bertz CT molecular complexity index is 1070. The van der Waals surface area contributed by atoms with E-state index in [-0.39, 0.29) is 25.2 Å². The Labute approximate surface area is 204 Å². The molecule has 1 saturated heterocycles. The van der Waals surface area contributed by atoms with Crippen molar-refractivity contribution in [1.29, 1.82) is 0 Å². The third-order valence-electron chi connectivity index (χ3n) is 6.09. The van der Waals surface area contributed by atoms with Gasteiger partial charge in [-0.05, 0) is 29.2 Å². The molecule has 4 rings (SSSR count). The predicted molar refractivity (Wildman–Crippen MR) is 128 cm³/mol. The van der Waals surface area contributed by atoms with Crippen molar-refractivity contribution in [3.05, 3.63) is 59.7 Å². The third-order valence-corrected chi connectivity index (χ3v) is 6.09. The molecule has 2 aromatic carbocycles. The smallest absolute Gasteiger partial charge is 0.408 e. The van der Waals surface area contributed by atoms with Crippen molar-refractivity contribution in [2.75, 3.05) is 33.0 Å². The standard InChI is InChI=1S/C26H31N3O6/c1-26(2,3)22(27-25(32)33-16-18-7-5-4-6-8-18)24(31)29-13-11-28(12-14-29)23(30)19-9-10-20-21(15-19)35-17-34-20/h4-10,15,22H,11-14,16-17H2,1-3H3,(H,27,32)/t22-/m1/s1. The molecule has 9 nitrogen and oxygen atoms in total. The van der Waals surface area contributed by atoms with Crippen LogP contribution in [0.1, 0.15) is 36.7 Å². The van der Waals surface area contributed by atoms with Gasteiger partial charge in [-0.15, -0.1) is 0 Å². The molecule has 0 saturated carbocycles. The summed E-state index contributed by atoms with van der Waals surface area (Å²) in [7, 11) is 0. The first-order valence-electron chi connectivity index (χ1n) is 11.7. The maximum Gasteiger partial charge on any atom is 0.408 e. The molecule has 186 valence electrons. The van der Waals surface area contributed by atoms with Gasteiger partial charge < -0.3 is 29.3 Å². The van der Waals surface area contributed by atoms with Gasteiger partial charge in [0.2, 0.25) is 12.7 Å². The number of fused-ring (bicyclic) bond motifs is 1. The second kappa shape index (κ2) is 10.2. The zero-order valence-corrected chi connectivity index (χ0v) is 20.3. The number of alkyl carbamates (subject to hydrolysis) is 1. The summed E-state index contributed by atoms with van der Waals surface area (Å²) in [5.74, 6) is 0.873. The minimum Gasteiger partial charge on any atom is -0.454 e. The maximum absolute atomic E-state index is 13.4. The molecule has 2 aliphatic heterocycles. The lowest BCUT2D eigenvalue weighted by Crippen LogP contribution is -2.59. The summed E-state index contributed by atoms with van der Waals surface area (Å²) >= 11 is 0. The number of carbonyl (C=O) groups is 3. The van der Waals surface area contributed by atoms with Crippen molar-refractivity contribution in [1.82, 2.24) is 15.1 Å². The average Bonchev–Trinajstić information content (AvgIpc) is 3.33. The Morgan fingerprint density at radius 3 is 2.29 bits per heavy atom.